The van der Waals surface area contributed by atoms with Gasteiger partial charge in [0.15, 0.2) is 0 Å². The van der Waals surface area contributed by atoms with E-state index in [4.69, 9.17) is 0 Å². The minimum absolute atomic E-state index is 0.197. The van der Waals surface area contributed by atoms with Crippen molar-refractivity contribution in [2.75, 3.05) is 23.7 Å². The van der Waals surface area contributed by atoms with Crippen LogP contribution >= 0.6 is 11.8 Å². The molecule has 2 rings (SSSR count). The van der Waals surface area contributed by atoms with Crippen LogP contribution in [0.5, 0.6) is 0 Å². The number of nitrogens with zero attached hydrogens (tertiary/aromatic N) is 1. The Labute approximate surface area is 112 Å². The molecular weight excluding hydrogens is 249 g/mol. The van der Waals surface area contributed by atoms with Gasteiger partial charge in [-0.15, -0.1) is 0 Å². The van der Waals surface area contributed by atoms with Crippen molar-refractivity contribution in [3.05, 3.63) is 29.6 Å². The van der Waals surface area contributed by atoms with Crippen LogP contribution in [0.25, 0.3) is 0 Å². The summed E-state index contributed by atoms with van der Waals surface area (Å²) in [6.45, 7) is 7.98. The van der Waals surface area contributed by atoms with Gasteiger partial charge in [-0.25, -0.2) is 4.39 Å². The number of anilines is 1. The number of benzene rings is 1. The van der Waals surface area contributed by atoms with Gasteiger partial charge >= 0.3 is 0 Å². The van der Waals surface area contributed by atoms with Crippen LogP contribution in [0.4, 0.5) is 10.1 Å². The predicted octanol–water partition coefficient (Wildman–Crippen LogP) is 3.21. The maximum Gasteiger partial charge on any atom is 0.123 e. The third-order valence-corrected chi connectivity index (χ3v) is 4.50. The smallest absolute Gasteiger partial charge is 0.123 e. The summed E-state index contributed by atoms with van der Waals surface area (Å²) in [5.74, 6) is 0.768. The van der Waals surface area contributed by atoms with Gasteiger partial charge in [-0.1, -0.05) is 0 Å². The number of aliphatic hydroxyl groups excluding tert-OH is 1. The molecule has 2 nitrogen and oxygen atoms in total. The zero-order valence-electron chi connectivity index (χ0n) is 11.1. The van der Waals surface area contributed by atoms with Crippen molar-refractivity contribution in [2.24, 2.45) is 0 Å². The summed E-state index contributed by atoms with van der Waals surface area (Å²) in [6.07, 6.45) is -0.645. The molecule has 1 N–H and O–H groups in total. The average molecular weight is 269 g/mol. The maximum atomic E-state index is 13.3. The number of halogens is 1. The molecule has 4 heteroatoms. The van der Waals surface area contributed by atoms with E-state index in [1.165, 1.54) is 12.1 Å². The Bertz CT molecular complexity index is 434. The molecule has 0 radical (unpaired) electrons. The van der Waals surface area contributed by atoms with Gasteiger partial charge in [0, 0.05) is 34.8 Å². The molecule has 0 aliphatic carbocycles. The van der Waals surface area contributed by atoms with E-state index < -0.39 is 6.10 Å². The van der Waals surface area contributed by atoms with Crippen LogP contribution in [0.1, 0.15) is 32.4 Å². The van der Waals surface area contributed by atoms with E-state index in [-0.39, 0.29) is 10.6 Å². The number of hydrogen-bond acceptors (Lipinski definition) is 3. The van der Waals surface area contributed by atoms with Crippen LogP contribution in [0.3, 0.4) is 0 Å². The third-order valence-electron chi connectivity index (χ3n) is 3.21. The highest BCUT2D eigenvalue weighted by molar-refractivity contribution is 8.00. The van der Waals surface area contributed by atoms with Crippen LogP contribution in [-0.4, -0.2) is 28.7 Å². The fraction of sp³-hybridized carbons (Fsp3) is 0.571. The van der Waals surface area contributed by atoms with E-state index in [1.807, 2.05) is 11.8 Å². The predicted molar refractivity (Wildman–Crippen MR) is 75.8 cm³/mol. The standard InChI is InChI=1S/C14H20FNOS/c1-10(17)12-8-11(15)4-5-13(12)16-6-7-18-14(2,3)9-16/h4-5,8,10,17H,6-7,9H2,1-3H3/t10-/m0/s1. The number of thioether (sulfide) groups is 1. The molecule has 1 heterocycles. The molecular formula is C14H20FNOS. The van der Waals surface area contributed by atoms with Crippen LogP contribution in [0, 0.1) is 5.82 Å². The molecule has 0 unspecified atom stereocenters. The van der Waals surface area contributed by atoms with Crippen molar-refractivity contribution in [1.82, 2.24) is 0 Å². The van der Waals surface area contributed by atoms with Gasteiger partial charge in [-0.3, -0.25) is 0 Å². The normalized spacial score (nSPS) is 20.8. The Balaban J connectivity index is 2.32. The fourth-order valence-corrected chi connectivity index (χ4v) is 3.48. The Hall–Kier alpha value is -0.740. The molecule has 1 aromatic carbocycles. The van der Waals surface area contributed by atoms with Crippen LogP contribution in [-0.2, 0) is 0 Å². The summed E-state index contributed by atoms with van der Waals surface area (Å²) in [5.41, 5.74) is 1.64. The first-order valence-corrected chi connectivity index (χ1v) is 7.24. The molecule has 1 saturated heterocycles. The van der Waals surface area contributed by atoms with Gasteiger partial charge in [-0.05, 0) is 39.0 Å². The lowest BCUT2D eigenvalue weighted by Gasteiger charge is -2.40. The van der Waals surface area contributed by atoms with Crippen LogP contribution in [0.15, 0.2) is 18.2 Å². The molecule has 1 fully saturated rings. The van der Waals surface area contributed by atoms with Crippen molar-refractivity contribution in [2.45, 2.75) is 31.6 Å². The number of hydrogen-bond donors (Lipinski definition) is 1. The topological polar surface area (TPSA) is 23.5 Å². The van der Waals surface area contributed by atoms with Crippen LogP contribution < -0.4 is 4.90 Å². The Morgan fingerprint density at radius 3 is 2.78 bits per heavy atom. The monoisotopic (exact) mass is 269 g/mol. The molecule has 0 bridgehead atoms. The highest BCUT2D eigenvalue weighted by atomic mass is 32.2. The molecule has 0 spiro atoms. The van der Waals surface area contributed by atoms with Crippen molar-refractivity contribution >= 4 is 17.4 Å². The van der Waals surface area contributed by atoms with Gasteiger partial charge in [0.1, 0.15) is 5.82 Å². The zero-order valence-corrected chi connectivity index (χ0v) is 11.9. The summed E-state index contributed by atoms with van der Waals surface area (Å²) < 4.78 is 13.5. The molecule has 0 amide bonds. The minimum atomic E-state index is -0.645. The molecule has 1 aliphatic heterocycles. The highest BCUT2D eigenvalue weighted by Gasteiger charge is 2.28. The minimum Gasteiger partial charge on any atom is -0.389 e. The van der Waals surface area contributed by atoms with Gasteiger partial charge < -0.3 is 10.0 Å². The first-order valence-electron chi connectivity index (χ1n) is 6.25. The summed E-state index contributed by atoms with van der Waals surface area (Å²) in [5, 5.41) is 9.79. The lowest BCUT2D eigenvalue weighted by atomic mass is 10.1. The first kappa shape index (κ1) is 13.7. The lowest BCUT2D eigenvalue weighted by molar-refractivity contribution is 0.199. The van der Waals surface area contributed by atoms with Gasteiger partial charge in [0.2, 0.25) is 0 Å². The quantitative estimate of drug-likeness (QED) is 0.892. The van der Waals surface area contributed by atoms with E-state index >= 15 is 0 Å². The largest absolute Gasteiger partial charge is 0.389 e. The van der Waals surface area contributed by atoms with Gasteiger partial charge in [0.25, 0.3) is 0 Å². The van der Waals surface area contributed by atoms with Gasteiger partial charge in [0.05, 0.1) is 6.10 Å². The summed E-state index contributed by atoms with van der Waals surface area (Å²) in [7, 11) is 0. The van der Waals surface area contributed by atoms with Crippen molar-refractivity contribution in [3.8, 4) is 0 Å². The molecule has 1 aromatic rings. The number of rotatable bonds is 2. The zero-order chi connectivity index (χ0) is 13.3. The Morgan fingerprint density at radius 1 is 1.44 bits per heavy atom. The van der Waals surface area contributed by atoms with E-state index in [9.17, 15) is 9.50 Å². The summed E-state index contributed by atoms with van der Waals surface area (Å²) in [6, 6.07) is 4.69. The molecule has 100 valence electrons. The van der Waals surface area contributed by atoms with E-state index in [0.717, 1.165) is 24.5 Å². The van der Waals surface area contributed by atoms with Crippen molar-refractivity contribution in [3.63, 3.8) is 0 Å². The van der Waals surface area contributed by atoms with E-state index in [1.54, 1.807) is 13.0 Å². The third kappa shape index (κ3) is 2.98. The molecule has 0 saturated carbocycles. The first-order chi connectivity index (χ1) is 8.39. The van der Waals surface area contributed by atoms with E-state index in [0.29, 0.717) is 5.56 Å². The molecule has 1 atom stereocenters. The second-order valence-corrected chi connectivity index (χ2v) is 7.21. The SMILES string of the molecule is C[C@H](O)c1cc(F)ccc1N1CCSC(C)(C)C1. The maximum absolute atomic E-state index is 13.3. The van der Waals surface area contributed by atoms with Crippen molar-refractivity contribution < 1.29 is 9.50 Å². The molecule has 1 aliphatic rings. The van der Waals surface area contributed by atoms with Crippen molar-refractivity contribution in [1.29, 1.82) is 0 Å². The Kier molecular flexibility index (Phi) is 3.87. The molecule has 0 aromatic heterocycles. The lowest BCUT2D eigenvalue weighted by Crippen LogP contribution is -2.43. The number of aliphatic hydroxyl groups is 1. The summed E-state index contributed by atoms with van der Waals surface area (Å²) in [4.78, 5) is 2.25. The summed E-state index contributed by atoms with van der Waals surface area (Å²) >= 11 is 1.96. The molecule has 18 heavy (non-hydrogen) atoms. The highest BCUT2D eigenvalue weighted by Crippen LogP contribution is 2.35. The second-order valence-electron chi connectivity index (χ2n) is 5.41. The van der Waals surface area contributed by atoms with Gasteiger partial charge in [-0.2, -0.15) is 11.8 Å². The van der Waals surface area contributed by atoms with E-state index in [2.05, 4.69) is 18.7 Å². The average Bonchev–Trinajstić information content (AvgIpc) is 2.27. The Morgan fingerprint density at radius 2 is 2.17 bits per heavy atom. The van der Waals surface area contributed by atoms with Crippen LogP contribution in [0.2, 0.25) is 0 Å². The fourth-order valence-electron chi connectivity index (χ4n) is 2.37. The second kappa shape index (κ2) is 5.10.